The molecule has 0 unspecified atom stereocenters. The zero-order valence-corrected chi connectivity index (χ0v) is 14.3. The van der Waals surface area contributed by atoms with Gasteiger partial charge in [-0.1, -0.05) is 43.8 Å². The lowest BCUT2D eigenvalue weighted by Crippen LogP contribution is -2.08. The van der Waals surface area contributed by atoms with Crippen LogP contribution < -0.4 is 9.47 Å². The van der Waals surface area contributed by atoms with Crippen LogP contribution in [0.2, 0.25) is 0 Å². The Morgan fingerprint density at radius 3 is 2.44 bits per heavy atom. The number of methoxy groups -OCH3 is 1. The first-order valence-electron chi connectivity index (χ1n) is 7.84. The van der Waals surface area contributed by atoms with Gasteiger partial charge in [-0.2, -0.15) is 0 Å². The molecule has 0 saturated carbocycles. The third-order valence-electron chi connectivity index (χ3n) is 3.47. The molecular formula is C20H20O5. The number of rotatable bonds is 7. The second-order valence-corrected chi connectivity index (χ2v) is 5.23. The summed E-state index contributed by atoms with van der Waals surface area (Å²) in [6.07, 6.45) is 0.250. The van der Waals surface area contributed by atoms with E-state index in [1.807, 2.05) is 30.3 Å². The molecule has 0 saturated heterocycles. The fourth-order valence-electron chi connectivity index (χ4n) is 2.11. The van der Waals surface area contributed by atoms with E-state index in [1.54, 1.807) is 25.1 Å². The summed E-state index contributed by atoms with van der Waals surface area (Å²) in [6.45, 7) is 5.79. The van der Waals surface area contributed by atoms with E-state index in [-0.39, 0.29) is 18.0 Å². The second kappa shape index (κ2) is 8.68. The fourth-order valence-corrected chi connectivity index (χ4v) is 2.11. The molecule has 0 aliphatic rings. The van der Waals surface area contributed by atoms with Crippen molar-refractivity contribution >= 4 is 17.5 Å². The van der Waals surface area contributed by atoms with Gasteiger partial charge in [0, 0.05) is 12.0 Å². The van der Waals surface area contributed by atoms with Crippen LogP contribution in [0.1, 0.15) is 24.5 Å². The van der Waals surface area contributed by atoms with Gasteiger partial charge in [0.15, 0.2) is 0 Å². The maximum atomic E-state index is 11.8. The molecule has 0 aliphatic carbocycles. The van der Waals surface area contributed by atoms with Gasteiger partial charge >= 0.3 is 11.9 Å². The lowest BCUT2D eigenvalue weighted by Gasteiger charge is -2.14. The predicted molar refractivity (Wildman–Crippen MR) is 94.2 cm³/mol. The Balaban J connectivity index is 2.28. The third kappa shape index (κ3) is 4.94. The smallest absolute Gasteiger partial charge is 0.337 e. The first kappa shape index (κ1) is 18.3. The highest BCUT2D eigenvalue weighted by Gasteiger charge is 2.17. The van der Waals surface area contributed by atoms with E-state index in [9.17, 15) is 9.59 Å². The van der Waals surface area contributed by atoms with Crippen LogP contribution in [0.3, 0.4) is 0 Å². The molecule has 2 aromatic carbocycles. The summed E-state index contributed by atoms with van der Waals surface area (Å²) in [6, 6.07) is 14.4. The molecule has 0 radical (unpaired) electrons. The van der Waals surface area contributed by atoms with Gasteiger partial charge in [-0.15, -0.1) is 0 Å². The lowest BCUT2D eigenvalue weighted by atomic mass is 10.1. The van der Waals surface area contributed by atoms with Crippen LogP contribution in [0.25, 0.3) is 5.57 Å². The van der Waals surface area contributed by atoms with Crippen LogP contribution in [-0.4, -0.2) is 19.0 Å². The van der Waals surface area contributed by atoms with E-state index in [0.29, 0.717) is 23.7 Å². The Labute approximate surface area is 146 Å². The monoisotopic (exact) mass is 340 g/mol. The number of esters is 2. The normalized spacial score (nSPS) is 10.0. The number of hydrogen-bond donors (Lipinski definition) is 0. The summed E-state index contributed by atoms with van der Waals surface area (Å²) in [5, 5.41) is 0. The molecule has 0 aliphatic heterocycles. The summed E-state index contributed by atoms with van der Waals surface area (Å²) in [5.74, 6) is -0.175. The highest BCUT2D eigenvalue weighted by Crippen LogP contribution is 2.31. The molecule has 0 heterocycles. The summed E-state index contributed by atoms with van der Waals surface area (Å²) in [4.78, 5) is 23.3. The second-order valence-electron chi connectivity index (χ2n) is 5.23. The van der Waals surface area contributed by atoms with Gasteiger partial charge in [0.05, 0.1) is 12.7 Å². The molecule has 0 bridgehead atoms. The third-order valence-corrected chi connectivity index (χ3v) is 3.47. The molecule has 0 atom stereocenters. The van der Waals surface area contributed by atoms with Crippen LogP contribution in [0.15, 0.2) is 55.1 Å². The zero-order valence-electron chi connectivity index (χ0n) is 14.3. The Hall–Kier alpha value is -3.08. The maximum absolute atomic E-state index is 11.8. The van der Waals surface area contributed by atoms with Crippen molar-refractivity contribution in [2.24, 2.45) is 0 Å². The summed E-state index contributed by atoms with van der Waals surface area (Å²) >= 11 is 0. The fraction of sp³-hybridized carbons (Fsp3) is 0.200. The molecule has 0 N–H and O–H groups in total. The molecule has 2 rings (SSSR count). The Kier molecular flexibility index (Phi) is 6.34. The van der Waals surface area contributed by atoms with Crippen molar-refractivity contribution in [3.8, 4) is 11.5 Å². The Bertz CT molecular complexity index is 765. The first-order valence-corrected chi connectivity index (χ1v) is 7.84. The van der Waals surface area contributed by atoms with Crippen LogP contribution in [0.4, 0.5) is 0 Å². The molecule has 25 heavy (non-hydrogen) atoms. The van der Waals surface area contributed by atoms with Crippen LogP contribution in [-0.2, 0) is 20.9 Å². The minimum absolute atomic E-state index is 0.125. The Morgan fingerprint density at radius 1 is 1.08 bits per heavy atom. The van der Waals surface area contributed by atoms with Crippen molar-refractivity contribution in [1.29, 1.82) is 0 Å². The lowest BCUT2D eigenvalue weighted by molar-refractivity contribution is -0.134. The minimum atomic E-state index is -0.580. The molecular weight excluding hydrogens is 320 g/mol. The van der Waals surface area contributed by atoms with Gasteiger partial charge in [-0.05, 0) is 23.8 Å². The number of hydrogen-bond acceptors (Lipinski definition) is 5. The van der Waals surface area contributed by atoms with Gasteiger partial charge in [0.25, 0.3) is 0 Å². The first-order chi connectivity index (χ1) is 12.0. The summed E-state index contributed by atoms with van der Waals surface area (Å²) < 4.78 is 15.7. The minimum Gasteiger partial charge on any atom is -0.488 e. The summed E-state index contributed by atoms with van der Waals surface area (Å²) in [7, 11) is 1.28. The molecule has 2 aromatic rings. The van der Waals surface area contributed by atoms with Gasteiger partial charge in [-0.3, -0.25) is 4.79 Å². The molecule has 0 spiro atoms. The molecule has 5 nitrogen and oxygen atoms in total. The predicted octanol–water partition coefficient (Wildman–Crippen LogP) is 3.77. The number of carbonyl (C=O) groups excluding carboxylic acids is 2. The number of benzene rings is 2. The van der Waals surface area contributed by atoms with Gasteiger partial charge in [-0.25, -0.2) is 4.79 Å². The molecule has 0 fully saturated rings. The highest BCUT2D eigenvalue weighted by molar-refractivity contribution is 6.16. The Morgan fingerprint density at radius 2 is 1.80 bits per heavy atom. The highest BCUT2D eigenvalue weighted by atomic mass is 16.5. The molecule has 0 aromatic heterocycles. The van der Waals surface area contributed by atoms with Gasteiger partial charge in [0.2, 0.25) is 0 Å². The standard InChI is InChI=1S/C20H20O5/c1-4-19(21)25-16-10-11-18(17(12-16)14(2)20(22)23-3)24-13-15-8-6-5-7-9-15/h5-12H,2,4,13H2,1,3H3. The summed E-state index contributed by atoms with van der Waals surface area (Å²) in [5.41, 5.74) is 1.53. The zero-order chi connectivity index (χ0) is 18.2. The van der Waals surface area contributed by atoms with Crippen molar-refractivity contribution in [3.63, 3.8) is 0 Å². The van der Waals surface area contributed by atoms with Crippen molar-refractivity contribution in [2.45, 2.75) is 20.0 Å². The maximum Gasteiger partial charge on any atom is 0.337 e. The van der Waals surface area contributed by atoms with E-state index < -0.39 is 5.97 Å². The SMILES string of the molecule is C=C(C(=O)OC)c1cc(OC(=O)CC)ccc1OCc1ccccc1. The van der Waals surface area contributed by atoms with Gasteiger partial charge in [0.1, 0.15) is 18.1 Å². The topological polar surface area (TPSA) is 61.8 Å². The molecule has 130 valence electrons. The quantitative estimate of drug-likeness (QED) is 0.436. The average Bonchev–Trinajstić information content (AvgIpc) is 2.66. The van der Waals surface area contributed by atoms with Crippen molar-refractivity contribution in [1.82, 2.24) is 0 Å². The van der Waals surface area contributed by atoms with Crippen LogP contribution in [0, 0.1) is 0 Å². The van der Waals surface area contributed by atoms with E-state index in [4.69, 9.17) is 14.2 Å². The van der Waals surface area contributed by atoms with Crippen LogP contribution >= 0.6 is 0 Å². The largest absolute Gasteiger partial charge is 0.488 e. The van der Waals surface area contributed by atoms with Crippen molar-refractivity contribution < 1.29 is 23.8 Å². The van der Waals surface area contributed by atoms with Crippen molar-refractivity contribution in [3.05, 3.63) is 66.2 Å². The van der Waals surface area contributed by atoms with E-state index in [2.05, 4.69) is 6.58 Å². The van der Waals surface area contributed by atoms with E-state index in [1.165, 1.54) is 7.11 Å². The number of ether oxygens (including phenoxy) is 3. The van der Waals surface area contributed by atoms with Crippen LogP contribution in [0.5, 0.6) is 11.5 Å². The molecule has 0 amide bonds. The van der Waals surface area contributed by atoms with E-state index in [0.717, 1.165) is 5.56 Å². The number of carbonyl (C=O) groups is 2. The van der Waals surface area contributed by atoms with Crippen molar-refractivity contribution in [2.75, 3.05) is 7.11 Å². The van der Waals surface area contributed by atoms with E-state index >= 15 is 0 Å². The van der Waals surface area contributed by atoms with Gasteiger partial charge < -0.3 is 14.2 Å². The molecule has 5 heteroatoms. The average molecular weight is 340 g/mol.